The molecule has 0 amide bonds. The van der Waals surface area contributed by atoms with E-state index in [9.17, 15) is 0 Å². The molecule has 2 aliphatic rings. The number of rotatable bonds is 3. The van der Waals surface area contributed by atoms with Crippen molar-refractivity contribution in [1.29, 1.82) is 0 Å². The maximum Gasteiger partial charge on any atom is 0.189 e. The van der Waals surface area contributed by atoms with Gasteiger partial charge >= 0.3 is 0 Å². The fraction of sp³-hybridized carbons (Fsp3) is 0.381. The molecule has 3 atom stereocenters. The van der Waals surface area contributed by atoms with Gasteiger partial charge in [0.15, 0.2) is 5.90 Å². The zero-order chi connectivity index (χ0) is 16.4. The van der Waals surface area contributed by atoms with E-state index in [0.717, 1.165) is 18.0 Å². The molecule has 124 valence electrons. The number of fused-ring (bicyclic) bond motifs is 1. The van der Waals surface area contributed by atoms with E-state index in [-0.39, 0.29) is 0 Å². The largest absolute Gasteiger partial charge is 0.476 e. The lowest BCUT2D eigenvalue weighted by atomic mass is 9.86. The normalized spacial score (nSPS) is 27.7. The lowest BCUT2D eigenvalue weighted by Gasteiger charge is -2.31. The van der Waals surface area contributed by atoms with E-state index >= 15 is 0 Å². The second kappa shape index (κ2) is 7.02. The predicted octanol–water partition coefficient (Wildman–Crippen LogP) is 5.77. The van der Waals surface area contributed by atoms with E-state index in [4.69, 9.17) is 9.73 Å². The van der Waals surface area contributed by atoms with Gasteiger partial charge in [0.25, 0.3) is 0 Å². The Morgan fingerprint density at radius 1 is 1.00 bits per heavy atom. The first-order chi connectivity index (χ1) is 11.8. The molecule has 0 spiro atoms. The highest BCUT2D eigenvalue weighted by Gasteiger charge is 2.41. The van der Waals surface area contributed by atoms with Crippen molar-refractivity contribution in [2.24, 2.45) is 10.9 Å². The molecule has 2 aromatic rings. The van der Waals surface area contributed by atoms with Crippen molar-refractivity contribution in [3.05, 3.63) is 60.2 Å². The number of benzene rings is 2. The third-order valence-electron chi connectivity index (χ3n) is 4.92. The Bertz CT molecular complexity index is 710. The zero-order valence-corrected chi connectivity index (χ0v) is 14.8. The molecule has 1 saturated heterocycles. The van der Waals surface area contributed by atoms with E-state index < -0.39 is 0 Å². The molecule has 0 aromatic heterocycles. The van der Waals surface area contributed by atoms with Crippen LogP contribution in [-0.2, 0) is 4.74 Å². The van der Waals surface area contributed by atoms with Crippen molar-refractivity contribution in [3.8, 4) is 0 Å². The van der Waals surface area contributed by atoms with Gasteiger partial charge in [-0.1, -0.05) is 42.3 Å². The minimum absolute atomic E-state index is 0.313. The van der Waals surface area contributed by atoms with Gasteiger partial charge in [0, 0.05) is 22.5 Å². The van der Waals surface area contributed by atoms with Crippen LogP contribution in [0, 0.1) is 12.8 Å². The summed E-state index contributed by atoms with van der Waals surface area (Å²) in [7, 11) is 0. The van der Waals surface area contributed by atoms with Gasteiger partial charge in [0.2, 0.25) is 0 Å². The molecule has 24 heavy (non-hydrogen) atoms. The standard InChI is InChI=1S/C21H23NOS/c1-15-10-12-18(13-11-15)24-19-9-5-6-16-14-20(23-21(16)19)22-17-7-3-2-4-8-17/h2-4,7-8,10-13,16,19,21H,5-6,9,14H2,1H3. The number of hydrogen-bond donors (Lipinski definition) is 0. The molecule has 3 heteroatoms. The van der Waals surface area contributed by atoms with E-state index in [0.29, 0.717) is 17.3 Å². The molecule has 1 heterocycles. The molecular weight excluding hydrogens is 314 g/mol. The number of ether oxygens (including phenoxy) is 1. The van der Waals surface area contributed by atoms with E-state index in [1.165, 1.54) is 29.7 Å². The Labute approximate surface area is 148 Å². The molecule has 2 aromatic carbocycles. The number of thioether (sulfide) groups is 1. The van der Waals surface area contributed by atoms with Crippen molar-refractivity contribution in [2.45, 2.75) is 48.9 Å². The average Bonchev–Trinajstić information content (AvgIpc) is 3.01. The van der Waals surface area contributed by atoms with Crippen LogP contribution in [0.5, 0.6) is 0 Å². The van der Waals surface area contributed by atoms with Gasteiger partial charge in [-0.15, -0.1) is 11.8 Å². The first-order valence-electron chi connectivity index (χ1n) is 8.80. The van der Waals surface area contributed by atoms with Crippen LogP contribution in [0.3, 0.4) is 0 Å². The molecule has 0 bridgehead atoms. The van der Waals surface area contributed by atoms with Crippen LogP contribution in [0.4, 0.5) is 5.69 Å². The Morgan fingerprint density at radius 3 is 2.58 bits per heavy atom. The van der Waals surface area contributed by atoms with E-state index in [1.807, 2.05) is 42.1 Å². The predicted molar refractivity (Wildman–Crippen MR) is 101 cm³/mol. The summed E-state index contributed by atoms with van der Waals surface area (Å²) in [6.45, 7) is 2.14. The molecular formula is C21H23NOS. The van der Waals surface area contributed by atoms with Crippen LogP contribution in [0.2, 0.25) is 0 Å². The Hall–Kier alpha value is -1.74. The molecule has 0 radical (unpaired) electrons. The average molecular weight is 337 g/mol. The number of aliphatic imine (C=N–C) groups is 1. The fourth-order valence-electron chi connectivity index (χ4n) is 3.67. The zero-order valence-electron chi connectivity index (χ0n) is 14.0. The smallest absolute Gasteiger partial charge is 0.189 e. The SMILES string of the molecule is Cc1ccc(SC2CCCC3CC(=Nc4ccccc4)OC32)cc1. The highest BCUT2D eigenvalue weighted by molar-refractivity contribution is 8.00. The molecule has 0 N–H and O–H groups in total. The van der Waals surface area contributed by atoms with Gasteiger partial charge in [-0.25, -0.2) is 4.99 Å². The quantitative estimate of drug-likeness (QED) is 0.708. The second-order valence-corrected chi connectivity index (χ2v) is 8.10. The van der Waals surface area contributed by atoms with Crippen LogP contribution in [0.15, 0.2) is 64.5 Å². The molecule has 1 saturated carbocycles. The first kappa shape index (κ1) is 15.8. The van der Waals surface area contributed by atoms with Crippen LogP contribution in [-0.4, -0.2) is 17.3 Å². The summed E-state index contributed by atoms with van der Waals surface area (Å²) in [5.74, 6) is 1.55. The molecule has 3 unspecified atom stereocenters. The fourth-order valence-corrected chi connectivity index (χ4v) is 5.01. The summed E-state index contributed by atoms with van der Waals surface area (Å²) >= 11 is 1.98. The molecule has 2 fully saturated rings. The third-order valence-corrected chi connectivity index (χ3v) is 6.27. The maximum absolute atomic E-state index is 6.31. The van der Waals surface area contributed by atoms with Crippen LogP contribution >= 0.6 is 11.8 Å². The highest BCUT2D eigenvalue weighted by atomic mass is 32.2. The molecule has 2 nitrogen and oxygen atoms in total. The van der Waals surface area contributed by atoms with Crippen molar-refractivity contribution in [1.82, 2.24) is 0 Å². The van der Waals surface area contributed by atoms with Crippen molar-refractivity contribution < 1.29 is 4.74 Å². The lowest BCUT2D eigenvalue weighted by molar-refractivity contribution is 0.137. The molecule has 4 rings (SSSR count). The summed E-state index contributed by atoms with van der Waals surface area (Å²) in [4.78, 5) is 6.07. The van der Waals surface area contributed by atoms with E-state index in [1.54, 1.807) is 0 Å². The summed E-state index contributed by atoms with van der Waals surface area (Å²) in [6.07, 6.45) is 5.10. The van der Waals surface area contributed by atoms with Gasteiger partial charge in [0.1, 0.15) is 6.10 Å². The summed E-state index contributed by atoms with van der Waals surface area (Å²) in [5.41, 5.74) is 2.31. The van der Waals surface area contributed by atoms with Crippen LogP contribution in [0.25, 0.3) is 0 Å². The van der Waals surface area contributed by atoms with Crippen LogP contribution in [0.1, 0.15) is 31.2 Å². The molecule has 1 aliphatic carbocycles. The Kier molecular flexibility index (Phi) is 4.61. The second-order valence-electron chi connectivity index (χ2n) is 6.79. The van der Waals surface area contributed by atoms with Gasteiger partial charge in [-0.3, -0.25) is 0 Å². The minimum atomic E-state index is 0.313. The summed E-state index contributed by atoms with van der Waals surface area (Å²) in [5, 5.41) is 0.537. The van der Waals surface area contributed by atoms with Gasteiger partial charge in [0.05, 0.1) is 5.69 Å². The number of hydrogen-bond acceptors (Lipinski definition) is 3. The molecule has 1 aliphatic heterocycles. The monoisotopic (exact) mass is 337 g/mol. The van der Waals surface area contributed by atoms with E-state index in [2.05, 4.69) is 31.2 Å². The Balaban J connectivity index is 1.48. The lowest BCUT2D eigenvalue weighted by Crippen LogP contribution is -2.32. The maximum atomic E-state index is 6.31. The number of nitrogens with zero attached hydrogens (tertiary/aromatic N) is 1. The van der Waals surface area contributed by atoms with Gasteiger partial charge in [-0.2, -0.15) is 0 Å². The summed E-state index contributed by atoms with van der Waals surface area (Å²) < 4.78 is 6.31. The Morgan fingerprint density at radius 2 is 1.79 bits per heavy atom. The first-order valence-corrected chi connectivity index (χ1v) is 9.68. The van der Waals surface area contributed by atoms with Gasteiger partial charge in [-0.05, 0) is 44.0 Å². The highest BCUT2D eigenvalue weighted by Crippen LogP contribution is 2.43. The van der Waals surface area contributed by atoms with Crippen LogP contribution < -0.4 is 0 Å². The van der Waals surface area contributed by atoms with Gasteiger partial charge < -0.3 is 4.74 Å². The van der Waals surface area contributed by atoms with Crippen molar-refractivity contribution in [2.75, 3.05) is 0 Å². The third kappa shape index (κ3) is 3.51. The van der Waals surface area contributed by atoms with Crippen molar-refractivity contribution >= 4 is 23.3 Å². The number of para-hydroxylation sites is 1. The minimum Gasteiger partial charge on any atom is -0.476 e. The topological polar surface area (TPSA) is 21.6 Å². The summed E-state index contributed by atoms with van der Waals surface area (Å²) in [6, 6.07) is 19.0. The van der Waals surface area contributed by atoms with Crippen molar-refractivity contribution in [3.63, 3.8) is 0 Å². The number of aryl methyl sites for hydroxylation is 1.